The molecular formula is C22H35N5O2S. The van der Waals surface area contributed by atoms with Crippen LogP contribution in [-0.4, -0.2) is 53.2 Å². The summed E-state index contributed by atoms with van der Waals surface area (Å²) in [7, 11) is 6.04. The van der Waals surface area contributed by atoms with Crippen LogP contribution >= 0.6 is 11.5 Å². The van der Waals surface area contributed by atoms with Crippen LogP contribution < -0.4 is 10.4 Å². The van der Waals surface area contributed by atoms with Crippen LogP contribution in [0.1, 0.15) is 52.7 Å². The summed E-state index contributed by atoms with van der Waals surface area (Å²) in [5.41, 5.74) is 2.17. The fourth-order valence-electron chi connectivity index (χ4n) is 2.62. The largest absolute Gasteiger partial charge is 0.850 e. The molecule has 0 saturated heterocycles. The molecule has 8 heteroatoms. The molecule has 2 rings (SSSR count). The number of aromatic nitrogens is 2. The third-order valence-electron chi connectivity index (χ3n) is 4.34. The van der Waals surface area contributed by atoms with Gasteiger partial charge in [-0.3, -0.25) is 5.32 Å². The smallest absolute Gasteiger partial charge is 0.216 e. The number of phenols is 1. The molecule has 0 amide bonds. The highest BCUT2D eigenvalue weighted by Crippen LogP contribution is 2.41. The minimum absolute atomic E-state index is 0.0312. The third-order valence-corrected chi connectivity index (χ3v) is 4.97. The number of hydrogen-bond donors (Lipinski definition) is 2. The lowest BCUT2D eigenvalue weighted by molar-refractivity contribution is -0.875. The number of hydrogen-bond acceptors (Lipinski definition) is 7. The third kappa shape index (κ3) is 7.56. The Morgan fingerprint density at radius 1 is 1.10 bits per heavy atom. The van der Waals surface area contributed by atoms with Gasteiger partial charge in [0.25, 0.3) is 0 Å². The summed E-state index contributed by atoms with van der Waals surface area (Å²) in [6, 6.07) is 3.87. The highest BCUT2D eigenvalue weighted by Gasteiger charge is 2.27. The first kappa shape index (κ1) is 25.8. The summed E-state index contributed by atoms with van der Waals surface area (Å²) in [5.74, 6) is 0.892. The molecule has 0 aliphatic carbocycles. The van der Waals surface area contributed by atoms with Crippen molar-refractivity contribution in [2.45, 2.75) is 52.4 Å². The molecular weight excluding hydrogens is 398 g/mol. The van der Waals surface area contributed by atoms with Gasteiger partial charge in [-0.25, -0.2) is 0 Å². The van der Waals surface area contributed by atoms with Gasteiger partial charge in [0.05, 0.1) is 27.7 Å². The van der Waals surface area contributed by atoms with Crippen LogP contribution in [0.5, 0.6) is 5.75 Å². The summed E-state index contributed by atoms with van der Waals surface area (Å²) in [4.78, 5) is 4.34. The van der Waals surface area contributed by atoms with Gasteiger partial charge in [-0.2, -0.15) is 14.6 Å². The first-order chi connectivity index (χ1) is 13.6. The minimum atomic E-state index is -0.205. The van der Waals surface area contributed by atoms with E-state index in [1.54, 1.807) is 0 Å². The molecule has 166 valence electrons. The molecule has 30 heavy (non-hydrogen) atoms. The number of nitriles is 1. The lowest BCUT2D eigenvalue weighted by Gasteiger charge is -2.27. The number of benzene rings is 1. The molecule has 1 aromatic heterocycles. The molecule has 0 fully saturated rings. The van der Waals surface area contributed by atoms with E-state index in [0.29, 0.717) is 16.7 Å². The quantitative estimate of drug-likeness (QED) is 0.435. The summed E-state index contributed by atoms with van der Waals surface area (Å²) in [6.07, 6.45) is 1.85. The first-order valence-corrected chi connectivity index (χ1v) is 10.6. The van der Waals surface area contributed by atoms with Crippen LogP contribution in [0.3, 0.4) is 0 Å². The number of likely N-dealkylation sites (N-methyl/N-ethyl adjacent to an activating group) is 1. The summed E-state index contributed by atoms with van der Waals surface area (Å²) in [6.45, 7) is 13.1. The van der Waals surface area contributed by atoms with E-state index in [4.69, 9.17) is 5.26 Å². The number of anilines is 1. The molecule has 0 aliphatic heterocycles. The van der Waals surface area contributed by atoms with Gasteiger partial charge in [0.1, 0.15) is 5.75 Å². The molecule has 0 unspecified atom stereocenters. The fraction of sp³-hybridized carbons (Fsp3) is 0.591. The molecule has 0 aliphatic rings. The van der Waals surface area contributed by atoms with Gasteiger partial charge in [-0.15, -0.1) is 0 Å². The number of rotatable bonds is 4. The Labute approximate surface area is 184 Å². The van der Waals surface area contributed by atoms with Crippen molar-refractivity contribution in [3.63, 3.8) is 0 Å². The topological polar surface area (TPSA) is 105 Å². The Morgan fingerprint density at radius 3 is 1.93 bits per heavy atom. The van der Waals surface area contributed by atoms with Gasteiger partial charge >= 0.3 is 0 Å². The van der Waals surface area contributed by atoms with E-state index >= 15 is 0 Å². The number of nitrogens with one attached hydrogen (secondary N) is 1. The average Bonchev–Trinajstić information content (AvgIpc) is 3.01. The summed E-state index contributed by atoms with van der Waals surface area (Å²) in [5, 5.41) is 32.3. The molecule has 1 heterocycles. The molecule has 1 aromatic carbocycles. The molecule has 0 atom stereocenters. The lowest BCUT2D eigenvalue weighted by Crippen LogP contribution is -2.39. The van der Waals surface area contributed by atoms with Crippen LogP contribution in [0.2, 0.25) is 0 Å². The van der Waals surface area contributed by atoms with Gasteiger partial charge in [-0.05, 0) is 23.0 Å². The predicted octanol–water partition coefficient (Wildman–Crippen LogP) is 3.45. The van der Waals surface area contributed by atoms with Crippen molar-refractivity contribution in [2.24, 2.45) is 0 Å². The van der Waals surface area contributed by atoms with Crippen molar-refractivity contribution >= 4 is 16.7 Å². The zero-order chi connectivity index (χ0) is 23.3. The van der Waals surface area contributed by atoms with Gasteiger partial charge in [0.15, 0.2) is 12.0 Å². The maximum Gasteiger partial charge on any atom is 0.216 e. The lowest BCUT2D eigenvalue weighted by atomic mass is 9.78. The van der Waals surface area contributed by atoms with Crippen LogP contribution in [-0.2, 0) is 10.8 Å². The summed E-state index contributed by atoms with van der Waals surface area (Å²) >= 11 is 1.14. The number of phenolic OH excluding ortho intramolecular Hbond substituents is 1. The van der Waals surface area contributed by atoms with Crippen LogP contribution in [0.4, 0.5) is 5.13 Å². The van der Waals surface area contributed by atoms with Crippen LogP contribution in [0.25, 0.3) is 11.4 Å². The van der Waals surface area contributed by atoms with Crippen molar-refractivity contribution in [2.75, 3.05) is 39.6 Å². The van der Waals surface area contributed by atoms with Gasteiger partial charge in [-0.1, -0.05) is 48.1 Å². The second-order valence-corrected chi connectivity index (χ2v) is 11.0. The van der Waals surface area contributed by atoms with Crippen molar-refractivity contribution in [3.05, 3.63) is 23.3 Å². The Hall–Kier alpha value is -2.21. The van der Waals surface area contributed by atoms with E-state index in [1.807, 2.05) is 39.5 Å². The number of quaternary nitrogens is 1. The monoisotopic (exact) mass is 433 g/mol. The summed E-state index contributed by atoms with van der Waals surface area (Å²) < 4.78 is 5.10. The Bertz CT molecular complexity index is 846. The zero-order valence-corrected chi connectivity index (χ0v) is 20.4. The van der Waals surface area contributed by atoms with Crippen LogP contribution in [0.15, 0.2) is 12.1 Å². The Morgan fingerprint density at radius 2 is 1.60 bits per heavy atom. The Balaban J connectivity index is 0.000000553. The average molecular weight is 434 g/mol. The minimum Gasteiger partial charge on any atom is -0.850 e. The van der Waals surface area contributed by atoms with Crippen molar-refractivity contribution in [3.8, 4) is 23.3 Å². The maximum absolute atomic E-state index is 10.7. The highest BCUT2D eigenvalue weighted by atomic mass is 32.1. The van der Waals surface area contributed by atoms with Crippen molar-refractivity contribution in [1.29, 1.82) is 5.26 Å². The van der Waals surface area contributed by atoms with E-state index in [1.165, 1.54) is 0 Å². The molecule has 2 aromatic rings. The molecule has 0 radical (unpaired) electrons. The molecule has 0 spiro atoms. The second kappa shape index (κ2) is 9.73. The predicted molar refractivity (Wildman–Crippen MR) is 121 cm³/mol. The fourth-order valence-corrected chi connectivity index (χ4v) is 3.16. The van der Waals surface area contributed by atoms with Crippen molar-refractivity contribution < 1.29 is 14.7 Å². The van der Waals surface area contributed by atoms with Gasteiger partial charge < -0.3 is 14.7 Å². The van der Waals surface area contributed by atoms with Gasteiger partial charge in [0.2, 0.25) is 5.13 Å². The van der Waals surface area contributed by atoms with E-state index in [0.717, 1.165) is 39.3 Å². The highest BCUT2D eigenvalue weighted by molar-refractivity contribution is 7.09. The first-order valence-electron chi connectivity index (χ1n) is 9.86. The van der Waals surface area contributed by atoms with E-state index in [9.17, 15) is 10.2 Å². The standard InChI is InChI=1S/C17H22N4OS.C5H13NO/c1-16(2,3)11-7-10(8-12(13(11)22)17(4,5)6)14-20-15(19-9-18)23-21-14;1-6(2,3)4-5-7/h7-8,22H,1-6H3,(H,19,20,21);4-5H2,1-3H3. The van der Waals surface area contributed by atoms with E-state index in [2.05, 4.69) is 56.2 Å². The molecule has 2 N–H and O–H groups in total. The van der Waals surface area contributed by atoms with Crippen molar-refractivity contribution in [1.82, 2.24) is 9.36 Å². The SMILES string of the molecule is CC(C)(C)c1cc(-c2nsc(NC#N)n2)cc(C(C)(C)C)c1O.C[N+](C)(C)CC[O-]. The number of nitrogens with zero attached hydrogens (tertiary/aromatic N) is 4. The number of aromatic hydroxyl groups is 1. The normalized spacial score (nSPS) is 12.0. The molecule has 0 saturated carbocycles. The van der Waals surface area contributed by atoms with Gasteiger partial charge in [0, 0.05) is 28.2 Å². The zero-order valence-electron chi connectivity index (χ0n) is 19.6. The van der Waals surface area contributed by atoms with E-state index in [-0.39, 0.29) is 17.4 Å². The maximum atomic E-state index is 10.7. The molecule has 7 nitrogen and oxygen atoms in total. The Kier molecular flexibility index (Phi) is 8.38. The molecule has 0 bridgehead atoms. The van der Waals surface area contributed by atoms with Crippen LogP contribution in [0, 0.1) is 11.5 Å². The van der Waals surface area contributed by atoms with E-state index < -0.39 is 0 Å². The second-order valence-electron chi connectivity index (χ2n) is 10.3.